The van der Waals surface area contributed by atoms with Gasteiger partial charge in [0.2, 0.25) is 11.5 Å². The Kier molecular flexibility index (Phi) is 5.11. The number of phenols is 3. The Morgan fingerprint density at radius 3 is 1.59 bits per heavy atom. The van der Waals surface area contributed by atoms with Crippen LogP contribution in [-0.2, 0) is 9.47 Å². The monoisotopic (exact) mass is 315 g/mol. The van der Waals surface area contributed by atoms with Gasteiger partial charge in [-0.15, -0.1) is 0 Å². The minimum absolute atomic E-state index is 0.152. The third kappa shape index (κ3) is 2.85. The second-order valence-electron chi connectivity index (χ2n) is 3.84. The molecule has 0 spiro atoms. The van der Waals surface area contributed by atoms with E-state index in [0.717, 1.165) is 0 Å². The molecular weight excluding hydrogens is 302 g/mol. The van der Waals surface area contributed by atoms with Crippen LogP contribution in [0.4, 0.5) is 5.69 Å². The van der Waals surface area contributed by atoms with Gasteiger partial charge in [0.15, 0.2) is 16.9 Å². The number of nitro benzene ring substituents is 1. The Balaban J connectivity index is 3.75. The number of carbonyl (C=O) groups is 2. The third-order valence-corrected chi connectivity index (χ3v) is 2.54. The highest BCUT2D eigenvalue weighted by atomic mass is 16.6. The van der Waals surface area contributed by atoms with E-state index in [-0.39, 0.29) is 13.2 Å². The van der Waals surface area contributed by atoms with Crippen LogP contribution in [0.25, 0.3) is 0 Å². The second kappa shape index (κ2) is 6.61. The summed E-state index contributed by atoms with van der Waals surface area (Å²) in [6.07, 6.45) is 0. The first-order valence-electron chi connectivity index (χ1n) is 6.07. The average Bonchev–Trinajstić information content (AvgIpc) is 2.38. The number of aromatic hydroxyl groups is 3. The number of phenolic OH excluding ortho intramolecular Hbond substituents is 3. The van der Waals surface area contributed by atoms with Crippen molar-refractivity contribution in [3.8, 4) is 17.2 Å². The van der Waals surface area contributed by atoms with Gasteiger partial charge in [0.25, 0.3) is 0 Å². The van der Waals surface area contributed by atoms with E-state index in [1.807, 2.05) is 0 Å². The van der Waals surface area contributed by atoms with Crippen LogP contribution in [0.1, 0.15) is 34.6 Å². The molecular formula is C12H13NO9. The topological polar surface area (TPSA) is 156 Å². The van der Waals surface area contributed by atoms with Gasteiger partial charge in [-0.3, -0.25) is 10.1 Å². The molecule has 10 nitrogen and oxygen atoms in total. The maximum atomic E-state index is 11.7. The van der Waals surface area contributed by atoms with Crippen molar-refractivity contribution in [2.45, 2.75) is 13.8 Å². The molecule has 0 aromatic heterocycles. The maximum Gasteiger partial charge on any atom is 0.354 e. The smallest absolute Gasteiger partial charge is 0.354 e. The van der Waals surface area contributed by atoms with E-state index in [2.05, 4.69) is 9.47 Å². The number of hydrogen-bond donors (Lipinski definition) is 3. The lowest BCUT2D eigenvalue weighted by Crippen LogP contribution is -2.12. The van der Waals surface area contributed by atoms with Gasteiger partial charge in [0.1, 0.15) is 0 Å². The van der Waals surface area contributed by atoms with Gasteiger partial charge in [-0.2, -0.15) is 0 Å². The summed E-state index contributed by atoms with van der Waals surface area (Å²) in [5.41, 5.74) is -3.33. The van der Waals surface area contributed by atoms with E-state index >= 15 is 0 Å². The van der Waals surface area contributed by atoms with Crippen molar-refractivity contribution in [1.29, 1.82) is 0 Å². The van der Waals surface area contributed by atoms with Gasteiger partial charge in [-0.1, -0.05) is 0 Å². The van der Waals surface area contributed by atoms with Crippen LogP contribution in [0.15, 0.2) is 0 Å². The summed E-state index contributed by atoms with van der Waals surface area (Å²) in [4.78, 5) is 33.1. The largest absolute Gasteiger partial charge is 0.506 e. The number of nitro groups is 1. The van der Waals surface area contributed by atoms with Crippen LogP contribution < -0.4 is 0 Å². The quantitative estimate of drug-likeness (QED) is 0.410. The SMILES string of the molecule is CCOC(=O)c1c(O)c(C(=O)OCC)c(O)c([N+](=O)[O-])c1O. The summed E-state index contributed by atoms with van der Waals surface area (Å²) in [5.74, 6) is -6.40. The van der Waals surface area contributed by atoms with E-state index in [4.69, 9.17) is 0 Å². The summed E-state index contributed by atoms with van der Waals surface area (Å²) in [6.45, 7) is 2.54. The van der Waals surface area contributed by atoms with Crippen LogP contribution >= 0.6 is 0 Å². The molecule has 0 saturated carbocycles. The van der Waals surface area contributed by atoms with Crippen molar-refractivity contribution in [2.75, 3.05) is 13.2 Å². The molecule has 0 amide bonds. The molecule has 0 heterocycles. The van der Waals surface area contributed by atoms with Crippen LogP contribution in [0.3, 0.4) is 0 Å². The number of esters is 2. The summed E-state index contributed by atoms with van der Waals surface area (Å²) < 4.78 is 9.09. The number of hydrogen-bond acceptors (Lipinski definition) is 9. The van der Waals surface area contributed by atoms with Gasteiger partial charge < -0.3 is 24.8 Å². The summed E-state index contributed by atoms with van der Waals surface area (Å²) >= 11 is 0. The van der Waals surface area contributed by atoms with Crippen molar-refractivity contribution in [3.05, 3.63) is 21.2 Å². The third-order valence-electron chi connectivity index (χ3n) is 2.54. The Morgan fingerprint density at radius 2 is 1.32 bits per heavy atom. The van der Waals surface area contributed by atoms with Gasteiger partial charge in [-0.25, -0.2) is 9.59 Å². The fourth-order valence-corrected chi connectivity index (χ4v) is 1.66. The Hall–Kier alpha value is -3.04. The Bertz CT molecular complexity index is 593. The molecule has 22 heavy (non-hydrogen) atoms. The molecule has 1 rings (SSSR count). The molecule has 10 heteroatoms. The average molecular weight is 315 g/mol. The normalized spacial score (nSPS) is 10.1. The molecule has 0 aliphatic heterocycles. The van der Waals surface area contributed by atoms with Crippen molar-refractivity contribution in [2.24, 2.45) is 0 Å². The van der Waals surface area contributed by atoms with Crippen molar-refractivity contribution >= 4 is 17.6 Å². The van der Waals surface area contributed by atoms with Crippen LogP contribution in [0.5, 0.6) is 17.2 Å². The molecule has 0 aliphatic carbocycles. The first kappa shape index (κ1) is 17.0. The predicted octanol–water partition coefficient (Wildman–Crippen LogP) is 1.06. The predicted molar refractivity (Wildman–Crippen MR) is 70.0 cm³/mol. The lowest BCUT2D eigenvalue weighted by Gasteiger charge is -2.12. The molecule has 120 valence electrons. The molecule has 0 aliphatic rings. The molecule has 1 aromatic carbocycles. The highest BCUT2D eigenvalue weighted by Gasteiger charge is 2.37. The molecule has 0 atom stereocenters. The minimum Gasteiger partial charge on any atom is -0.506 e. The second-order valence-corrected chi connectivity index (χ2v) is 3.84. The van der Waals surface area contributed by atoms with Crippen molar-refractivity contribution in [3.63, 3.8) is 0 Å². The van der Waals surface area contributed by atoms with Gasteiger partial charge in [0.05, 0.1) is 18.1 Å². The van der Waals surface area contributed by atoms with Crippen LogP contribution in [-0.4, -0.2) is 45.4 Å². The minimum atomic E-state index is -1.32. The number of ether oxygens (including phenoxy) is 2. The summed E-state index contributed by atoms with van der Waals surface area (Å²) in [7, 11) is 0. The van der Waals surface area contributed by atoms with Gasteiger partial charge in [-0.05, 0) is 13.8 Å². The molecule has 0 bridgehead atoms. The zero-order chi connectivity index (χ0) is 17.0. The highest BCUT2D eigenvalue weighted by molar-refractivity contribution is 6.06. The van der Waals surface area contributed by atoms with E-state index in [1.165, 1.54) is 13.8 Å². The van der Waals surface area contributed by atoms with E-state index in [0.29, 0.717) is 0 Å². The Morgan fingerprint density at radius 1 is 0.955 bits per heavy atom. The zero-order valence-corrected chi connectivity index (χ0v) is 11.7. The fourth-order valence-electron chi connectivity index (χ4n) is 1.66. The van der Waals surface area contributed by atoms with Gasteiger partial charge in [0, 0.05) is 0 Å². The van der Waals surface area contributed by atoms with E-state index in [9.17, 15) is 35.0 Å². The van der Waals surface area contributed by atoms with Crippen molar-refractivity contribution < 1.29 is 39.3 Å². The summed E-state index contributed by atoms with van der Waals surface area (Å²) in [5, 5.41) is 40.3. The highest BCUT2D eigenvalue weighted by Crippen LogP contribution is 2.47. The lowest BCUT2D eigenvalue weighted by atomic mass is 10.0. The van der Waals surface area contributed by atoms with Gasteiger partial charge >= 0.3 is 17.6 Å². The fraction of sp³-hybridized carbons (Fsp3) is 0.333. The molecule has 1 aromatic rings. The van der Waals surface area contributed by atoms with E-state index < -0.39 is 50.9 Å². The Labute approximate surface area is 123 Å². The molecule has 0 unspecified atom stereocenters. The molecule has 0 radical (unpaired) electrons. The summed E-state index contributed by atoms with van der Waals surface area (Å²) in [6, 6.07) is 0. The first-order chi connectivity index (χ1) is 10.3. The number of benzene rings is 1. The maximum absolute atomic E-state index is 11.7. The molecule has 0 saturated heterocycles. The standard InChI is InChI=1S/C12H13NO9/c1-3-21-11(17)5-8(14)6(12(18)22-4-2)10(16)7(9(5)15)13(19)20/h14-16H,3-4H2,1-2H3. The van der Waals surface area contributed by atoms with Crippen LogP contribution in [0, 0.1) is 10.1 Å². The zero-order valence-electron chi connectivity index (χ0n) is 11.7. The lowest BCUT2D eigenvalue weighted by molar-refractivity contribution is -0.387. The van der Waals surface area contributed by atoms with Crippen LogP contribution in [0.2, 0.25) is 0 Å². The van der Waals surface area contributed by atoms with E-state index in [1.54, 1.807) is 0 Å². The number of carbonyl (C=O) groups excluding carboxylic acids is 2. The first-order valence-corrected chi connectivity index (χ1v) is 6.07. The number of nitrogens with zero attached hydrogens (tertiary/aromatic N) is 1. The number of rotatable bonds is 5. The molecule has 0 fully saturated rings. The van der Waals surface area contributed by atoms with Crippen molar-refractivity contribution in [1.82, 2.24) is 0 Å². The molecule has 3 N–H and O–H groups in total.